The number of hydrogen-bond acceptors (Lipinski definition) is 6. The quantitative estimate of drug-likeness (QED) is 0.702. The zero-order valence-corrected chi connectivity index (χ0v) is 15.3. The van der Waals surface area contributed by atoms with Crippen LogP contribution in [-0.2, 0) is 0 Å². The largest absolute Gasteiger partial charge is 0.495 e. The van der Waals surface area contributed by atoms with Crippen LogP contribution in [0.15, 0.2) is 30.6 Å². The normalized spacial score (nSPS) is 10.6. The lowest BCUT2D eigenvalue weighted by molar-refractivity contribution is 0.0947. The second kappa shape index (κ2) is 9.19. The molecule has 134 valence electrons. The Morgan fingerprint density at radius 1 is 1.28 bits per heavy atom. The van der Waals surface area contributed by atoms with Crippen molar-refractivity contribution in [1.82, 2.24) is 20.2 Å². The molecule has 2 rings (SSSR count). The van der Waals surface area contributed by atoms with Crippen LogP contribution >= 0.6 is 11.6 Å². The standard InChI is InChI=1S/C17H22ClN5O2/c1-23(2)8-4-7-19-17(24)14-10-21-16(11-20-14)22-13-9-12(18)5-6-15(13)25-3/h5-6,9-11H,4,7-8H2,1-3H3,(H,19,24)(H,21,22). The summed E-state index contributed by atoms with van der Waals surface area (Å²) in [5.74, 6) is 0.886. The van der Waals surface area contributed by atoms with Crippen LogP contribution < -0.4 is 15.4 Å². The number of ether oxygens (including phenoxy) is 1. The summed E-state index contributed by atoms with van der Waals surface area (Å²) < 4.78 is 5.27. The van der Waals surface area contributed by atoms with E-state index in [2.05, 4.69) is 25.5 Å². The summed E-state index contributed by atoms with van der Waals surface area (Å²) >= 11 is 6.00. The molecule has 0 unspecified atom stereocenters. The molecule has 2 aromatic rings. The first kappa shape index (κ1) is 19.0. The second-order valence-electron chi connectivity index (χ2n) is 5.67. The Labute approximate surface area is 152 Å². The molecule has 1 aromatic heterocycles. The zero-order chi connectivity index (χ0) is 18.2. The number of carbonyl (C=O) groups is 1. The number of hydrogen-bond donors (Lipinski definition) is 2. The zero-order valence-electron chi connectivity index (χ0n) is 14.5. The Hall–Kier alpha value is -2.38. The van der Waals surface area contributed by atoms with Gasteiger partial charge in [0.15, 0.2) is 0 Å². The van der Waals surface area contributed by atoms with Crippen LogP contribution in [0, 0.1) is 0 Å². The minimum Gasteiger partial charge on any atom is -0.495 e. The Morgan fingerprint density at radius 3 is 2.72 bits per heavy atom. The van der Waals surface area contributed by atoms with Gasteiger partial charge in [-0.05, 0) is 45.3 Å². The lowest BCUT2D eigenvalue weighted by Gasteiger charge is -2.11. The van der Waals surface area contributed by atoms with E-state index in [-0.39, 0.29) is 11.6 Å². The highest BCUT2D eigenvalue weighted by Crippen LogP contribution is 2.29. The monoisotopic (exact) mass is 363 g/mol. The van der Waals surface area contributed by atoms with Gasteiger partial charge in [0.05, 0.1) is 25.2 Å². The van der Waals surface area contributed by atoms with Gasteiger partial charge in [-0.1, -0.05) is 11.6 Å². The van der Waals surface area contributed by atoms with Gasteiger partial charge in [-0.3, -0.25) is 4.79 Å². The molecule has 0 spiro atoms. The number of benzene rings is 1. The minimum absolute atomic E-state index is 0.238. The molecule has 0 radical (unpaired) electrons. The summed E-state index contributed by atoms with van der Waals surface area (Å²) in [5, 5.41) is 6.47. The summed E-state index contributed by atoms with van der Waals surface area (Å²) in [7, 11) is 5.56. The SMILES string of the molecule is COc1ccc(Cl)cc1Nc1cnc(C(=O)NCCCN(C)C)cn1. The molecule has 1 aromatic carbocycles. The van der Waals surface area contributed by atoms with Crippen molar-refractivity contribution in [2.45, 2.75) is 6.42 Å². The molecule has 0 saturated carbocycles. The van der Waals surface area contributed by atoms with E-state index < -0.39 is 0 Å². The third-order valence-corrected chi connectivity index (χ3v) is 3.61. The van der Waals surface area contributed by atoms with Crippen molar-refractivity contribution in [3.05, 3.63) is 41.3 Å². The molecular formula is C17H22ClN5O2. The third kappa shape index (κ3) is 5.88. The molecular weight excluding hydrogens is 342 g/mol. The summed E-state index contributed by atoms with van der Waals surface area (Å²) in [6.07, 6.45) is 3.80. The molecule has 7 nitrogen and oxygen atoms in total. The van der Waals surface area contributed by atoms with Gasteiger partial charge in [0.25, 0.3) is 5.91 Å². The Morgan fingerprint density at radius 2 is 2.08 bits per heavy atom. The average Bonchev–Trinajstić information content (AvgIpc) is 2.59. The lowest BCUT2D eigenvalue weighted by atomic mass is 10.3. The first-order chi connectivity index (χ1) is 12.0. The van der Waals surface area contributed by atoms with Crippen molar-refractivity contribution in [2.24, 2.45) is 0 Å². The van der Waals surface area contributed by atoms with Gasteiger partial charge in [0.2, 0.25) is 0 Å². The molecule has 0 atom stereocenters. The summed E-state index contributed by atoms with van der Waals surface area (Å²) in [6, 6.07) is 5.22. The number of amides is 1. The van der Waals surface area contributed by atoms with Gasteiger partial charge in [0, 0.05) is 11.6 Å². The third-order valence-electron chi connectivity index (χ3n) is 3.38. The van der Waals surface area contributed by atoms with Crippen LogP contribution in [0.3, 0.4) is 0 Å². The maximum atomic E-state index is 12.0. The van der Waals surface area contributed by atoms with Crippen molar-refractivity contribution in [3.8, 4) is 5.75 Å². The fourth-order valence-electron chi connectivity index (χ4n) is 2.11. The van der Waals surface area contributed by atoms with Crippen LogP contribution in [-0.4, -0.2) is 55.1 Å². The highest BCUT2D eigenvalue weighted by molar-refractivity contribution is 6.31. The van der Waals surface area contributed by atoms with Crippen molar-refractivity contribution in [3.63, 3.8) is 0 Å². The van der Waals surface area contributed by atoms with Gasteiger partial charge in [-0.25, -0.2) is 9.97 Å². The molecule has 0 aliphatic rings. The number of nitrogens with zero attached hydrogens (tertiary/aromatic N) is 3. The fraction of sp³-hybridized carbons (Fsp3) is 0.353. The maximum absolute atomic E-state index is 12.0. The molecule has 0 aliphatic carbocycles. The molecule has 0 bridgehead atoms. The molecule has 0 saturated heterocycles. The average molecular weight is 364 g/mol. The van der Waals surface area contributed by atoms with Gasteiger partial charge in [-0.15, -0.1) is 0 Å². The molecule has 0 aliphatic heterocycles. The molecule has 25 heavy (non-hydrogen) atoms. The van der Waals surface area contributed by atoms with Crippen LogP contribution in [0.5, 0.6) is 5.75 Å². The second-order valence-corrected chi connectivity index (χ2v) is 6.11. The van der Waals surface area contributed by atoms with Gasteiger partial charge >= 0.3 is 0 Å². The summed E-state index contributed by atoms with van der Waals surface area (Å²) in [6.45, 7) is 1.51. The maximum Gasteiger partial charge on any atom is 0.271 e. The highest BCUT2D eigenvalue weighted by atomic mass is 35.5. The predicted octanol–water partition coefficient (Wildman–Crippen LogP) is 2.56. The van der Waals surface area contributed by atoms with Gasteiger partial charge < -0.3 is 20.3 Å². The van der Waals surface area contributed by atoms with Crippen molar-refractivity contribution in [2.75, 3.05) is 39.6 Å². The van der Waals surface area contributed by atoms with Gasteiger partial charge in [0.1, 0.15) is 17.3 Å². The van der Waals surface area contributed by atoms with E-state index >= 15 is 0 Å². The number of nitrogens with one attached hydrogen (secondary N) is 2. The van der Waals surface area contributed by atoms with Crippen LogP contribution in [0.2, 0.25) is 5.02 Å². The van der Waals surface area contributed by atoms with Crippen LogP contribution in [0.1, 0.15) is 16.9 Å². The van der Waals surface area contributed by atoms with E-state index in [1.807, 2.05) is 14.1 Å². The number of rotatable bonds is 8. The highest BCUT2D eigenvalue weighted by Gasteiger charge is 2.09. The smallest absolute Gasteiger partial charge is 0.271 e. The number of carbonyl (C=O) groups excluding carboxylic acids is 1. The van der Waals surface area contributed by atoms with Gasteiger partial charge in [-0.2, -0.15) is 0 Å². The topological polar surface area (TPSA) is 79.4 Å². The van der Waals surface area contributed by atoms with E-state index in [9.17, 15) is 4.79 Å². The first-order valence-electron chi connectivity index (χ1n) is 7.85. The first-order valence-corrected chi connectivity index (χ1v) is 8.23. The Balaban J connectivity index is 1.96. The van der Waals surface area contributed by atoms with Crippen molar-refractivity contribution >= 4 is 29.0 Å². The molecule has 2 N–H and O–H groups in total. The Kier molecular flexibility index (Phi) is 6.97. The van der Waals surface area contributed by atoms with E-state index in [1.165, 1.54) is 12.4 Å². The van der Waals surface area contributed by atoms with E-state index in [1.54, 1.807) is 25.3 Å². The van der Waals surface area contributed by atoms with Crippen LogP contribution in [0.25, 0.3) is 0 Å². The molecule has 0 fully saturated rings. The Bertz CT molecular complexity index is 707. The number of aromatic nitrogens is 2. The number of halogens is 1. The predicted molar refractivity (Wildman–Crippen MR) is 98.8 cm³/mol. The fourth-order valence-corrected chi connectivity index (χ4v) is 2.29. The van der Waals surface area contributed by atoms with E-state index in [0.717, 1.165) is 13.0 Å². The summed E-state index contributed by atoms with van der Waals surface area (Å²) in [4.78, 5) is 22.4. The number of anilines is 2. The lowest BCUT2D eigenvalue weighted by Crippen LogP contribution is -2.27. The minimum atomic E-state index is -0.238. The molecule has 8 heteroatoms. The molecule has 1 heterocycles. The van der Waals surface area contributed by atoms with Crippen molar-refractivity contribution in [1.29, 1.82) is 0 Å². The molecule has 1 amide bonds. The van der Waals surface area contributed by atoms with Crippen molar-refractivity contribution < 1.29 is 9.53 Å². The van der Waals surface area contributed by atoms with E-state index in [0.29, 0.717) is 28.8 Å². The van der Waals surface area contributed by atoms with Crippen LogP contribution in [0.4, 0.5) is 11.5 Å². The summed E-state index contributed by atoms with van der Waals surface area (Å²) in [5.41, 5.74) is 0.943. The number of methoxy groups -OCH3 is 1. The van der Waals surface area contributed by atoms with E-state index in [4.69, 9.17) is 16.3 Å².